The van der Waals surface area contributed by atoms with Gasteiger partial charge in [0.2, 0.25) is 0 Å². The van der Waals surface area contributed by atoms with E-state index in [4.69, 9.17) is 0 Å². The molecule has 0 N–H and O–H groups in total. The van der Waals surface area contributed by atoms with Gasteiger partial charge in [-0.25, -0.2) is 0 Å². The quantitative estimate of drug-likeness (QED) is 0.228. The molecule has 8 rings (SSSR count). The Kier molecular flexibility index (Phi) is 2.77. The lowest BCUT2D eigenvalue weighted by atomic mass is 9.90. The van der Waals surface area contributed by atoms with Gasteiger partial charge in [-0.15, -0.1) is 0 Å². The standard InChI is InChI=1S/C31H18/c1-3-11-21-18(8-1)19-9-5-6-13-23(19)31-27(21)16-26-25-15-7-14-24-20-10-2-4-12-22(20)28(30(24)25)17-29(26)31/h1-15,17H,16H2. The van der Waals surface area contributed by atoms with Crippen LogP contribution in [0, 0.1) is 0 Å². The van der Waals surface area contributed by atoms with Crippen LogP contribution in [0.15, 0.2) is 97.1 Å². The molecule has 0 unspecified atom stereocenters. The molecule has 0 atom stereocenters. The fourth-order valence-corrected chi connectivity index (χ4v) is 6.23. The number of benzene rings is 6. The molecule has 0 spiro atoms. The van der Waals surface area contributed by atoms with Gasteiger partial charge in [-0.2, -0.15) is 0 Å². The summed E-state index contributed by atoms with van der Waals surface area (Å²) in [6, 6.07) is 36.1. The number of fused-ring (bicyclic) bond motifs is 12. The Labute approximate surface area is 180 Å². The average molecular weight is 390 g/mol. The Balaban J connectivity index is 1.59. The Morgan fingerprint density at radius 2 is 0.968 bits per heavy atom. The lowest BCUT2D eigenvalue weighted by molar-refractivity contribution is 1.31. The van der Waals surface area contributed by atoms with E-state index in [1.165, 1.54) is 76.8 Å². The summed E-state index contributed by atoms with van der Waals surface area (Å²) < 4.78 is 0. The second-order valence-electron chi connectivity index (χ2n) is 8.85. The van der Waals surface area contributed by atoms with Gasteiger partial charge in [-0.3, -0.25) is 0 Å². The molecule has 0 saturated carbocycles. The number of hydrogen-bond donors (Lipinski definition) is 0. The summed E-state index contributed by atoms with van der Waals surface area (Å²) in [5.41, 5.74) is 11.4. The predicted octanol–water partition coefficient (Wildman–Crippen LogP) is 8.36. The fraction of sp³-hybridized carbons (Fsp3) is 0.0323. The van der Waals surface area contributed by atoms with Crippen LogP contribution >= 0.6 is 0 Å². The monoisotopic (exact) mass is 390 g/mol. The normalized spacial score (nSPS) is 13.0. The molecule has 0 amide bonds. The zero-order valence-electron chi connectivity index (χ0n) is 16.9. The van der Waals surface area contributed by atoms with Gasteiger partial charge in [0, 0.05) is 0 Å². The highest BCUT2D eigenvalue weighted by Gasteiger charge is 2.30. The third-order valence-electron chi connectivity index (χ3n) is 7.44. The van der Waals surface area contributed by atoms with E-state index in [2.05, 4.69) is 97.1 Å². The second-order valence-corrected chi connectivity index (χ2v) is 8.85. The van der Waals surface area contributed by atoms with Crippen molar-refractivity contribution >= 4 is 32.3 Å². The molecule has 142 valence electrons. The van der Waals surface area contributed by atoms with E-state index in [0.29, 0.717) is 0 Å². The number of hydrogen-bond acceptors (Lipinski definition) is 0. The molecule has 0 heterocycles. The lowest BCUT2D eigenvalue weighted by Crippen LogP contribution is -1.87. The first-order valence-electron chi connectivity index (χ1n) is 11.0. The number of rotatable bonds is 0. The van der Waals surface area contributed by atoms with Crippen molar-refractivity contribution in [1.82, 2.24) is 0 Å². The van der Waals surface area contributed by atoms with Gasteiger partial charge >= 0.3 is 0 Å². The second kappa shape index (κ2) is 5.42. The first kappa shape index (κ1) is 15.9. The Bertz CT molecular complexity index is 1750. The maximum Gasteiger partial charge on any atom is -0.0000873 e. The highest BCUT2D eigenvalue weighted by Crippen LogP contribution is 2.54. The molecule has 0 heteroatoms. The van der Waals surface area contributed by atoms with E-state index in [1.54, 1.807) is 0 Å². The Morgan fingerprint density at radius 3 is 1.77 bits per heavy atom. The highest BCUT2D eigenvalue weighted by atomic mass is 14.3. The minimum Gasteiger partial charge on any atom is -0.0616 e. The largest absolute Gasteiger partial charge is 0.0616 e. The minimum atomic E-state index is 1.01. The zero-order valence-corrected chi connectivity index (χ0v) is 16.9. The van der Waals surface area contributed by atoms with Gasteiger partial charge in [0.15, 0.2) is 0 Å². The maximum absolute atomic E-state index is 2.49. The lowest BCUT2D eigenvalue weighted by Gasteiger charge is -2.13. The van der Waals surface area contributed by atoms with Crippen LogP contribution in [0.5, 0.6) is 0 Å². The third kappa shape index (κ3) is 1.83. The topological polar surface area (TPSA) is 0 Å². The van der Waals surface area contributed by atoms with E-state index < -0.39 is 0 Å². The molecule has 0 nitrogen and oxygen atoms in total. The first-order chi connectivity index (χ1) is 15.4. The molecular formula is C31H18. The molecule has 0 saturated heterocycles. The van der Waals surface area contributed by atoms with Crippen molar-refractivity contribution in [2.75, 3.05) is 0 Å². The van der Waals surface area contributed by atoms with Crippen LogP contribution in [0.3, 0.4) is 0 Å². The fourth-order valence-electron chi connectivity index (χ4n) is 6.23. The summed E-state index contributed by atoms with van der Waals surface area (Å²) in [6.07, 6.45) is 1.01. The van der Waals surface area contributed by atoms with E-state index >= 15 is 0 Å². The van der Waals surface area contributed by atoms with Crippen molar-refractivity contribution in [3.63, 3.8) is 0 Å². The summed E-state index contributed by atoms with van der Waals surface area (Å²) in [6.45, 7) is 0. The van der Waals surface area contributed by atoms with Crippen molar-refractivity contribution in [3.05, 3.63) is 108 Å². The summed E-state index contributed by atoms with van der Waals surface area (Å²) >= 11 is 0. The van der Waals surface area contributed by atoms with E-state index in [9.17, 15) is 0 Å². The molecule has 0 radical (unpaired) electrons. The highest BCUT2D eigenvalue weighted by molar-refractivity contribution is 6.22. The van der Waals surface area contributed by atoms with Crippen LogP contribution in [-0.4, -0.2) is 0 Å². The molecule has 0 aromatic heterocycles. The van der Waals surface area contributed by atoms with Gasteiger partial charge in [-0.1, -0.05) is 91.0 Å². The maximum atomic E-state index is 2.49. The summed E-state index contributed by atoms with van der Waals surface area (Å²) in [7, 11) is 0. The van der Waals surface area contributed by atoms with Crippen LogP contribution in [0.1, 0.15) is 11.1 Å². The molecule has 0 bridgehead atoms. The van der Waals surface area contributed by atoms with Gasteiger partial charge in [-0.05, 0) is 89.3 Å². The molecule has 2 aliphatic carbocycles. The van der Waals surface area contributed by atoms with Gasteiger partial charge in [0.05, 0.1) is 0 Å². The van der Waals surface area contributed by atoms with Crippen molar-refractivity contribution in [2.24, 2.45) is 0 Å². The summed E-state index contributed by atoms with van der Waals surface area (Å²) in [5, 5.41) is 8.36. The average Bonchev–Trinajstić information content (AvgIpc) is 3.38. The predicted molar refractivity (Wildman–Crippen MR) is 132 cm³/mol. The van der Waals surface area contributed by atoms with E-state index in [1.807, 2.05) is 0 Å². The third-order valence-corrected chi connectivity index (χ3v) is 7.44. The molecule has 6 aromatic rings. The van der Waals surface area contributed by atoms with E-state index in [-0.39, 0.29) is 0 Å². The molecule has 6 aromatic carbocycles. The molecule has 2 aliphatic rings. The minimum absolute atomic E-state index is 1.01. The molecule has 0 aliphatic heterocycles. The van der Waals surface area contributed by atoms with Crippen molar-refractivity contribution in [2.45, 2.75) is 6.42 Å². The van der Waals surface area contributed by atoms with Crippen molar-refractivity contribution in [1.29, 1.82) is 0 Å². The van der Waals surface area contributed by atoms with Crippen LogP contribution in [-0.2, 0) is 6.42 Å². The van der Waals surface area contributed by atoms with Crippen molar-refractivity contribution in [3.8, 4) is 33.4 Å². The Hall–Kier alpha value is -3.90. The Morgan fingerprint density at radius 1 is 0.387 bits per heavy atom. The zero-order chi connectivity index (χ0) is 20.1. The summed E-state index contributed by atoms with van der Waals surface area (Å²) in [4.78, 5) is 0. The van der Waals surface area contributed by atoms with Gasteiger partial charge < -0.3 is 0 Å². The molecular weight excluding hydrogens is 372 g/mol. The van der Waals surface area contributed by atoms with E-state index in [0.717, 1.165) is 6.42 Å². The van der Waals surface area contributed by atoms with Crippen molar-refractivity contribution < 1.29 is 0 Å². The molecule has 31 heavy (non-hydrogen) atoms. The van der Waals surface area contributed by atoms with Crippen LogP contribution in [0.2, 0.25) is 0 Å². The van der Waals surface area contributed by atoms with Crippen LogP contribution < -0.4 is 0 Å². The smallest absolute Gasteiger partial charge is 0.0000873 e. The van der Waals surface area contributed by atoms with Crippen LogP contribution in [0.25, 0.3) is 65.7 Å². The van der Waals surface area contributed by atoms with Gasteiger partial charge in [0.1, 0.15) is 0 Å². The van der Waals surface area contributed by atoms with Gasteiger partial charge in [0.25, 0.3) is 0 Å². The van der Waals surface area contributed by atoms with Crippen LogP contribution in [0.4, 0.5) is 0 Å². The SMILES string of the molecule is c1ccc2c(c1)-c1cccc3c4c(cc-2c13)-c1c(c2ccccc2c2ccccc12)C4. The summed E-state index contributed by atoms with van der Waals surface area (Å²) in [5.74, 6) is 0. The first-order valence-corrected chi connectivity index (χ1v) is 11.0. The molecule has 0 fully saturated rings.